The van der Waals surface area contributed by atoms with Crippen molar-refractivity contribution in [1.29, 1.82) is 0 Å². The highest BCUT2D eigenvalue weighted by atomic mass is 16.5. The molecule has 1 aromatic carbocycles. The molecule has 1 heteroatoms. The Balaban J connectivity index is 0.000000226. The van der Waals surface area contributed by atoms with Crippen LogP contribution in [0.1, 0.15) is 19.4 Å². The third-order valence-corrected chi connectivity index (χ3v) is 1.44. The van der Waals surface area contributed by atoms with Crippen molar-refractivity contribution >= 4 is 0 Å². The Bertz CT molecular complexity index is 192. The second-order valence-electron chi connectivity index (χ2n) is 3.50. The van der Waals surface area contributed by atoms with Gasteiger partial charge in [0.05, 0.1) is 0 Å². The average molecular weight is 180 g/mol. The van der Waals surface area contributed by atoms with Crippen molar-refractivity contribution < 1.29 is 4.74 Å². The molecule has 0 aliphatic carbocycles. The summed E-state index contributed by atoms with van der Waals surface area (Å²) in [4.78, 5) is 0. The van der Waals surface area contributed by atoms with E-state index in [-0.39, 0.29) is 0 Å². The van der Waals surface area contributed by atoms with E-state index in [4.69, 9.17) is 4.74 Å². The fourth-order valence-electron chi connectivity index (χ4n) is 0.868. The van der Waals surface area contributed by atoms with E-state index in [0.29, 0.717) is 5.92 Å². The number of hydrogen-bond acceptors (Lipinski definition) is 1. The lowest BCUT2D eigenvalue weighted by molar-refractivity contribution is 0.167. The SMILES string of the molecule is COCC(C)C.Cc1ccccc1. The lowest BCUT2D eigenvalue weighted by Gasteiger charge is -1.97. The Labute approximate surface area is 81.7 Å². The molecule has 0 unspecified atom stereocenters. The molecule has 74 valence electrons. The van der Waals surface area contributed by atoms with Gasteiger partial charge >= 0.3 is 0 Å². The number of methoxy groups -OCH3 is 1. The summed E-state index contributed by atoms with van der Waals surface area (Å²) in [7, 11) is 1.72. The molecule has 0 aliphatic rings. The Morgan fingerprint density at radius 1 is 1.15 bits per heavy atom. The standard InChI is InChI=1S/C7H8.C5H12O/c1-7-5-3-2-4-6-7;1-5(2)4-6-3/h2-6H,1H3;5H,4H2,1-3H3. The lowest BCUT2D eigenvalue weighted by Crippen LogP contribution is -1.96. The van der Waals surface area contributed by atoms with Crippen LogP contribution in [0.25, 0.3) is 0 Å². The maximum absolute atomic E-state index is 4.80. The molecular weight excluding hydrogens is 160 g/mol. The number of rotatable bonds is 2. The largest absolute Gasteiger partial charge is 0.384 e. The van der Waals surface area contributed by atoms with Crippen molar-refractivity contribution in [2.45, 2.75) is 20.8 Å². The van der Waals surface area contributed by atoms with Crippen molar-refractivity contribution in [2.24, 2.45) is 5.92 Å². The van der Waals surface area contributed by atoms with Crippen LogP contribution < -0.4 is 0 Å². The normalized spacial score (nSPS) is 9.31. The van der Waals surface area contributed by atoms with Gasteiger partial charge in [-0.05, 0) is 12.8 Å². The highest BCUT2D eigenvalue weighted by molar-refractivity contribution is 5.11. The maximum atomic E-state index is 4.80. The molecule has 1 rings (SSSR count). The van der Waals surface area contributed by atoms with E-state index < -0.39 is 0 Å². The van der Waals surface area contributed by atoms with Gasteiger partial charge in [-0.1, -0.05) is 49.7 Å². The molecule has 0 spiro atoms. The van der Waals surface area contributed by atoms with Crippen LogP contribution in [-0.4, -0.2) is 13.7 Å². The van der Waals surface area contributed by atoms with Gasteiger partial charge in [-0.3, -0.25) is 0 Å². The molecule has 0 atom stereocenters. The van der Waals surface area contributed by atoms with Crippen LogP contribution in [0.15, 0.2) is 30.3 Å². The summed E-state index contributed by atoms with van der Waals surface area (Å²) >= 11 is 0. The Hall–Kier alpha value is -0.820. The van der Waals surface area contributed by atoms with Gasteiger partial charge in [-0.2, -0.15) is 0 Å². The number of aryl methyl sites for hydroxylation is 1. The van der Waals surface area contributed by atoms with Crippen molar-refractivity contribution in [1.82, 2.24) is 0 Å². The molecule has 0 N–H and O–H groups in total. The monoisotopic (exact) mass is 180 g/mol. The molecule has 13 heavy (non-hydrogen) atoms. The lowest BCUT2D eigenvalue weighted by atomic mass is 10.2. The fraction of sp³-hybridized carbons (Fsp3) is 0.500. The zero-order valence-electron chi connectivity index (χ0n) is 9.08. The zero-order valence-corrected chi connectivity index (χ0v) is 9.08. The molecule has 0 aliphatic heterocycles. The van der Waals surface area contributed by atoms with E-state index in [1.807, 2.05) is 18.2 Å². The predicted octanol–water partition coefficient (Wildman–Crippen LogP) is 3.28. The summed E-state index contributed by atoms with van der Waals surface area (Å²) in [5, 5.41) is 0. The molecule has 0 fully saturated rings. The summed E-state index contributed by atoms with van der Waals surface area (Å²) in [6, 6.07) is 10.3. The van der Waals surface area contributed by atoms with Crippen molar-refractivity contribution in [3.05, 3.63) is 35.9 Å². The second-order valence-corrected chi connectivity index (χ2v) is 3.50. The topological polar surface area (TPSA) is 9.23 Å². The second kappa shape index (κ2) is 7.81. The van der Waals surface area contributed by atoms with E-state index >= 15 is 0 Å². The molecule has 0 aromatic heterocycles. The molecule has 0 amide bonds. The van der Waals surface area contributed by atoms with Crippen LogP contribution in [0.2, 0.25) is 0 Å². The molecule has 0 saturated carbocycles. The predicted molar refractivity (Wildman–Crippen MR) is 57.9 cm³/mol. The van der Waals surface area contributed by atoms with Crippen LogP contribution in [0.5, 0.6) is 0 Å². The van der Waals surface area contributed by atoms with Crippen molar-refractivity contribution in [2.75, 3.05) is 13.7 Å². The van der Waals surface area contributed by atoms with Gasteiger partial charge in [0.1, 0.15) is 0 Å². The van der Waals surface area contributed by atoms with Gasteiger partial charge in [0.25, 0.3) is 0 Å². The van der Waals surface area contributed by atoms with Gasteiger partial charge in [0.15, 0.2) is 0 Å². The van der Waals surface area contributed by atoms with Gasteiger partial charge in [0.2, 0.25) is 0 Å². The maximum Gasteiger partial charge on any atom is 0.0485 e. The summed E-state index contributed by atoms with van der Waals surface area (Å²) < 4.78 is 4.80. The number of benzene rings is 1. The minimum absolute atomic E-state index is 0.676. The number of ether oxygens (including phenoxy) is 1. The Morgan fingerprint density at radius 3 is 1.85 bits per heavy atom. The molecule has 1 aromatic rings. The molecule has 0 radical (unpaired) electrons. The first-order chi connectivity index (χ1) is 6.16. The smallest absolute Gasteiger partial charge is 0.0485 e. The van der Waals surface area contributed by atoms with Crippen LogP contribution in [-0.2, 0) is 4.74 Å². The zero-order chi connectivity index (χ0) is 10.1. The van der Waals surface area contributed by atoms with Crippen LogP contribution in [0, 0.1) is 12.8 Å². The molecule has 0 saturated heterocycles. The van der Waals surface area contributed by atoms with E-state index in [1.165, 1.54) is 5.56 Å². The minimum atomic E-state index is 0.676. The highest BCUT2D eigenvalue weighted by Crippen LogP contribution is 1.92. The molecule has 1 nitrogen and oxygen atoms in total. The molecule has 0 bridgehead atoms. The summed E-state index contributed by atoms with van der Waals surface area (Å²) in [6.07, 6.45) is 0. The average Bonchev–Trinajstić information content (AvgIpc) is 2.06. The summed E-state index contributed by atoms with van der Waals surface area (Å²) in [5.41, 5.74) is 1.32. The van der Waals surface area contributed by atoms with Crippen molar-refractivity contribution in [3.8, 4) is 0 Å². The Morgan fingerprint density at radius 2 is 1.69 bits per heavy atom. The first kappa shape index (κ1) is 12.2. The van der Waals surface area contributed by atoms with Crippen molar-refractivity contribution in [3.63, 3.8) is 0 Å². The molecular formula is C12H20O. The first-order valence-corrected chi connectivity index (χ1v) is 4.67. The third kappa shape index (κ3) is 9.09. The van der Waals surface area contributed by atoms with Gasteiger partial charge in [-0.25, -0.2) is 0 Å². The first-order valence-electron chi connectivity index (χ1n) is 4.67. The van der Waals surface area contributed by atoms with Gasteiger partial charge in [0, 0.05) is 13.7 Å². The van der Waals surface area contributed by atoms with E-state index in [1.54, 1.807) is 7.11 Å². The van der Waals surface area contributed by atoms with Crippen LogP contribution >= 0.6 is 0 Å². The quantitative estimate of drug-likeness (QED) is 0.678. The number of hydrogen-bond donors (Lipinski definition) is 0. The van der Waals surface area contributed by atoms with Gasteiger partial charge in [-0.15, -0.1) is 0 Å². The van der Waals surface area contributed by atoms with E-state index in [2.05, 4.69) is 32.9 Å². The summed E-state index contributed by atoms with van der Waals surface area (Å²) in [5.74, 6) is 0.676. The molecule has 0 heterocycles. The van der Waals surface area contributed by atoms with E-state index in [9.17, 15) is 0 Å². The Kier molecular flexibility index (Phi) is 7.32. The minimum Gasteiger partial charge on any atom is -0.384 e. The fourth-order valence-corrected chi connectivity index (χ4v) is 0.868. The van der Waals surface area contributed by atoms with Gasteiger partial charge < -0.3 is 4.74 Å². The highest BCUT2D eigenvalue weighted by Gasteiger charge is 1.85. The van der Waals surface area contributed by atoms with Crippen LogP contribution in [0.4, 0.5) is 0 Å². The summed E-state index contributed by atoms with van der Waals surface area (Å²) in [6.45, 7) is 7.22. The van der Waals surface area contributed by atoms with Crippen LogP contribution in [0.3, 0.4) is 0 Å². The third-order valence-electron chi connectivity index (χ3n) is 1.44. The van der Waals surface area contributed by atoms with E-state index in [0.717, 1.165) is 6.61 Å².